The minimum absolute atomic E-state index is 0.239. The molecule has 3 atom stereocenters. The molecule has 1 aromatic carbocycles. The van der Waals surface area contributed by atoms with E-state index in [1.807, 2.05) is 0 Å². The molecule has 0 bridgehead atoms. The lowest BCUT2D eigenvalue weighted by Crippen LogP contribution is -2.58. The third kappa shape index (κ3) is 5.46. The molecule has 1 heterocycles. The number of fused-ring (bicyclic) bond motifs is 1. The number of anilines is 2. The molecule has 162 valence electrons. The molecule has 0 saturated carbocycles. The van der Waals surface area contributed by atoms with Gasteiger partial charge in [-0.15, -0.1) is 0 Å². The summed E-state index contributed by atoms with van der Waals surface area (Å²) in [5.41, 5.74) is 5.96. The van der Waals surface area contributed by atoms with E-state index in [0.29, 0.717) is 17.8 Å². The Morgan fingerprint density at radius 2 is 1.90 bits per heavy atom. The van der Waals surface area contributed by atoms with Gasteiger partial charge in [0.15, 0.2) is 0 Å². The lowest BCUT2D eigenvalue weighted by Gasteiger charge is -2.32. The lowest BCUT2D eigenvalue weighted by molar-refractivity contribution is -0.143. The van der Waals surface area contributed by atoms with Crippen LogP contribution >= 0.6 is 0 Å². The molecular formula is C19H25N5O6. The number of nitrogens with two attached hydrogens (primary N) is 1. The molecule has 5 amide bonds. The Kier molecular flexibility index (Phi) is 7.34. The highest BCUT2D eigenvalue weighted by Gasteiger charge is 2.33. The van der Waals surface area contributed by atoms with Crippen LogP contribution in [-0.4, -0.2) is 53.5 Å². The largest absolute Gasteiger partial charge is 0.480 e. The maximum absolute atomic E-state index is 12.9. The van der Waals surface area contributed by atoms with Crippen molar-refractivity contribution in [3.8, 4) is 0 Å². The smallest absolute Gasteiger partial charge is 0.326 e. The second-order valence-electron chi connectivity index (χ2n) is 7.03. The van der Waals surface area contributed by atoms with Gasteiger partial charge in [-0.2, -0.15) is 0 Å². The van der Waals surface area contributed by atoms with E-state index in [1.54, 1.807) is 38.1 Å². The monoisotopic (exact) mass is 419 g/mol. The number of carbonyl (C=O) groups excluding carboxylic acids is 4. The first-order valence-electron chi connectivity index (χ1n) is 9.42. The Labute approximate surface area is 173 Å². The van der Waals surface area contributed by atoms with Gasteiger partial charge in [0.05, 0.1) is 17.8 Å². The van der Waals surface area contributed by atoms with Crippen molar-refractivity contribution in [1.29, 1.82) is 0 Å². The number of carboxylic acids is 1. The number of carbonyl (C=O) groups is 5. The highest BCUT2D eigenvalue weighted by atomic mass is 16.4. The van der Waals surface area contributed by atoms with Crippen molar-refractivity contribution in [3.05, 3.63) is 24.3 Å². The molecule has 6 N–H and O–H groups in total. The van der Waals surface area contributed by atoms with E-state index in [-0.39, 0.29) is 18.4 Å². The summed E-state index contributed by atoms with van der Waals surface area (Å²) in [6.45, 7) is 3.28. The quantitative estimate of drug-likeness (QED) is 0.397. The number of primary amides is 1. The zero-order valence-corrected chi connectivity index (χ0v) is 16.7. The standard InChI is InChI=1S/C19H25N5O6/c1-3-10(2)16(17(27)22-12(18(28)29)8-14(20)25)23-19(30)24-9-15(26)21-11-6-4-5-7-13(11)24/h4-7,10,12,16H,3,8-9H2,1-2H3,(H2,20,25)(H,21,26)(H,22,27)(H,23,30)(H,28,29)/t10-,12-,16-/m0/s1. The van der Waals surface area contributed by atoms with Gasteiger partial charge in [0.2, 0.25) is 17.7 Å². The molecular weight excluding hydrogens is 394 g/mol. The van der Waals surface area contributed by atoms with Gasteiger partial charge in [-0.1, -0.05) is 32.4 Å². The van der Waals surface area contributed by atoms with Crippen LogP contribution in [0.1, 0.15) is 26.7 Å². The van der Waals surface area contributed by atoms with Crippen LogP contribution in [0.3, 0.4) is 0 Å². The van der Waals surface area contributed by atoms with Crippen molar-refractivity contribution in [3.63, 3.8) is 0 Å². The summed E-state index contributed by atoms with van der Waals surface area (Å²) in [6.07, 6.45) is -0.0785. The first-order valence-corrected chi connectivity index (χ1v) is 9.42. The van der Waals surface area contributed by atoms with Gasteiger partial charge in [0, 0.05) is 0 Å². The lowest BCUT2D eigenvalue weighted by atomic mass is 9.98. The molecule has 30 heavy (non-hydrogen) atoms. The summed E-state index contributed by atoms with van der Waals surface area (Å²) in [5, 5.41) is 16.7. The molecule has 1 aliphatic heterocycles. The maximum Gasteiger partial charge on any atom is 0.326 e. The van der Waals surface area contributed by atoms with Gasteiger partial charge < -0.3 is 26.8 Å². The van der Waals surface area contributed by atoms with Crippen LogP contribution in [0.2, 0.25) is 0 Å². The molecule has 1 aromatic rings. The second kappa shape index (κ2) is 9.72. The van der Waals surface area contributed by atoms with E-state index >= 15 is 0 Å². The third-order valence-electron chi connectivity index (χ3n) is 4.81. The Morgan fingerprint density at radius 3 is 2.50 bits per heavy atom. The van der Waals surface area contributed by atoms with Gasteiger partial charge in [0.1, 0.15) is 18.6 Å². The highest BCUT2D eigenvalue weighted by Crippen LogP contribution is 2.29. The average Bonchev–Trinajstić information content (AvgIpc) is 2.69. The number of rotatable bonds is 8. The molecule has 0 aromatic heterocycles. The minimum Gasteiger partial charge on any atom is -0.480 e. The van der Waals surface area contributed by atoms with Gasteiger partial charge in [-0.05, 0) is 18.1 Å². The Bertz CT molecular complexity index is 858. The topological polar surface area (TPSA) is 171 Å². The van der Waals surface area contributed by atoms with Crippen LogP contribution in [0.25, 0.3) is 0 Å². The molecule has 0 saturated heterocycles. The van der Waals surface area contributed by atoms with E-state index in [9.17, 15) is 29.1 Å². The zero-order valence-electron chi connectivity index (χ0n) is 16.7. The summed E-state index contributed by atoms with van der Waals surface area (Å²) in [4.78, 5) is 61.2. The van der Waals surface area contributed by atoms with Gasteiger partial charge in [0.25, 0.3) is 0 Å². The average molecular weight is 419 g/mol. The van der Waals surface area contributed by atoms with E-state index in [0.717, 1.165) is 0 Å². The maximum atomic E-state index is 12.9. The molecule has 0 unspecified atom stereocenters. The van der Waals surface area contributed by atoms with Crippen LogP contribution < -0.4 is 26.6 Å². The number of nitrogens with one attached hydrogen (secondary N) is 3. The Morgan fingerprint density at radius 1 is 1.23 bits per heavy atom. The van der Waals surface area contributed by atoms with Crippen LogP contribution in [0.5, 0.6) is 0 Å². The summed E-state index contributed by atoms with van der Waals surface area (Å²) in [5.74, 6) is -3.81. The Hall–Kier alpha value is -3.63. The van der Waals surface area contributed by atoms with Crippen LogP contribution in [0, 0.1) is 5.92 Å². The van der Waals surface area contributed by atoms with E-state index < -0.39 is 42.3 Å². The number of benzene rings is 1. The van der Waals surface area contributed by atoms with Gasteiger partial charge in [-0.25, -0.2) is 9.59 Å². The normalized spacial score (nSPS) is 15.8. The number of urea groups is 1. The fourth-order valence-corrected chi connectivity index (χ4v) is 2.99. The summed E-state index contributed by atoms with van der Waals surface area (Å²) in [7, 11) is 0. The van der Waals surface area contributed by atoms with Crippen molar-refractivity contribution in [2.75, 3.05) is 16.8 Å². The number of nitrogens with zero attached hydrogens (tertiary/aromatic N) is 1. The molecule has 0 fully saturated rings. The van der Waals surface area contributed by atoms with Crippen molar-refractivity contribution in [1.82, 2.24) is 10.6 Å². The molecule has 2 rings (SSSR count). The first kappa shape index (κ1) is 22.7. The number of amides is 5. The number of carboxylic acid groups (broad SMARTS) is 1. The van der Waals surface area contributed by atoms with E-state index in [2.05, 4.69) is 16.0 Å². The van der Waals surface area contributed by atoms with Crippen molar-refractivity contribution >= 4 is 41.1 Å². The van der Waals surface area contributed by atoms with Crippen molar-refractivity contribution in [2.24, 2.45) is 11.7 Å². The summed E-state index contributed by atoms with van der Waals surface area (Å²) >= 11 is 0. The first-order chi connectivity index (χ1) is 14.1. The summed E-state index contributed by atoms with van der Waals surface area (Å²) in [6, 6.07) is 3.43. The molecule has 11 nitrogen and oxygen atoms in total. The van der Waals surface area contributed by atoms with Crippen LogP contribution in [0.15, 0.2) is 24.3 Å². The Balaban J connectivity index is 2.21. The number of aliphatic carboxylic acids is 1. The SMILES string of the molecule is CC[C@H](C)[C@H](NC(=O)N1CC(=O)Nc2ccccc21)C(=O)N[C@@H](CC(N)=O)C(=O)O. The third-order valence-corrected chi connectivity index (χ3v) is 4.81. The molecule has 0 aliphatic carbocycles. The predicted molar refractivity (Wildman–Crippen MR) is 108 cm³/mol. The predicted octanol–water partition coefficient (Wildman–Crippen LogP) is 0.0142. The number of hydrogen-bond donors (Lipinski definition) is 5. The molecule has 0 radical (unpaired) electrons. The number of para-hydroxylation sites is 2. The van der Waals surface area contributed by atoms with Crippen molar-refractivity contribution in [2.45, 2.75) is 38.8 Å². The fourth-order valence-electron chi connectivity index (χ4n) is 2.99. The van der Waals surface area contributed by atoms with E-state index in [1.165, 1.54) is 4.90 Å². The zero-order chi connectivity index (χ0) is 22.4. The van der Waals surface area contributed by atoms with E-state index in [4.69, 9.17) is 5.73 Å². The molecule has 11 heteroatoms. The van der Waals surface area contributed by atoms with Gasteiger partial charge >= 0.3 is 12.0 Å². The van der Waals surface area contributed by atoms with Gasteiger partial charge in [-0.3, -0.25) is 19.3 Å². The van der Waals surface area contributed by atoms with Crippen LogP contribution in [-0.2, 0) is 19.2 Å². The molecule has 1 aliphatic rings. The number of hydrogen-bond acceptors (Lipinski definition) is 5. The second-order valence-corrected chi connectivity index (χ2v) is 7.03. The fraction of sp³-hybridized carbons (Fsp3) is 0.421. The molecule has 0 spiro atoms. The summed E-state index contributed by atoms with van der Waals surface area (Å²) < 4.78 is 0. The van der Waals surface area contributed by atoms with Crippen molar-refractivity contribution < 1.29 is 29.1 Å². The highest BCUT2D eigenvalue weighted by molar-refractivity contribution is 6.10. The van der Waals surface area contributed by atoms with Crippen LogP contribution in [0.4, 0.5) is 16.2 Å². The minimum atomic E-state index is -1.51.